The summed E-state index contributed by atoms with van der Waals surface area (Å²) < 4.78 is 37.2. The molecule has 1 aromatic carbocycles. The first-order valence-electron chi connectivity index (χ1n) is 4.40. The first kappa shape index (κ1) is 13.8. The van der Waals surface area contributed by atoms with Gasteiger partial charge in [0.1, 0.15) is 6.04 Å². The van der Waals surface area contributed by atoms with Gasteiger partial charge in [-0.25, -0.2) is 0 Å². The molecule has 0 amide bonds. The van der Waals surface area contributed by atoms with E-state index >= 15 is 0 Å². The fourth-order valence-electron chi connectivity index (χ4n) is 1.32. The summed E-state index contributed by atoms with van der Waals surface area (Å²) in [6, 6.07) is -0.266. The molecule has 0 aliphatic carbocycles. The van der Waals surface area contributed by atoms with E-state index in [9.17, 15) is 33.4 Å². The highest BCUT2D eigenvalue weighted by molar-refractivity contribution is 5.58. The molecule has 0 aliphatic rings. The summed E-state index contributed by atoms with van der Waals surface area (Å²) in [4.78, 5) is 18.8. The van der Waals surface area contributed by atoms with Gasteiger partial charge in [0.05, 0.1) is 15.4 Å². The van der Waals surface area contributed by atoms with Gasteiger partial charge < -0.3 is 5.73 Å². The molecule has 1 atom stereocenters. The number of benzene rings is 1. The van der Waals surface area contributed by atoms with Crippen molar-refractivity contribution in [2.24, 2.45) is 5.73 Å². The summed E-state index contributed by atoms with van der Waals surface area (Å²) in [5, 5.41) is 21.2. The predicted molar refractivity (Wildman–Crippen MR) is 52.7 cm³/mol. The van der Waals surface area contributed by atoms with Crippen LogP contribution in [-0.2, 0) is 0 Å². The molecule has 0 saturated carbocycles. The van der Waals surface area contributed by atoms with Crippen molar-refractivity contribution in [3.8, 4) is 0 Å². The maximum atomic E-state index is 12.4. The first-order valence-corrected chi connectivity index (χ1v) is 4.40. The van der Waals surface area contributed by atoms with Gasteiger partial charge >= 0.3 is 17.6 Å². The maximum absolute atomic E-state index is 12.4. The zero-order valence-electron chi connectivity index (χ0n) is 8.55. The predicted octanol–water partition coefficient (Wildman–Crippen LogP) is 2.07. The third kappa shape index (κ3) is 2.53. The van der Waals surface area contributed by atoms with Crippen LogP contribution in [0, 0.1) is 20.2 Å². The van der Waals surface area contributed by atoms with E-state index in [2.05, 4.69) is 0 Å². The van der Waals surface area contributed by atoms with Gasteiger partial charge in [-0.3, -0.25) is 20.2 Å². The lowest BCUT2D eigenvalue weighted by Gasteiger charge is -2.15. The summed E-state index contributed by atoms with van der Waals surface area (Å²) in [6.45, 7) is 0. The van der Waals surface area contributed by atoms with E-state index in [1.165, 1.54) is 0 Å². The highest BCUT2D eigenvalue weighted by atomic mass is 19.4. The number of halogens is 3. The smallest absolute Gasteiger partial charge is 0.316 e. The first-order chi connectivity index (χ1) is 8.16. The fraction of sp³-hybridized carbons (Fsp3) is 0.250. The number of alkyl halides is 3. The molecule has 1 rings (SSSR count). The molecule has 0 unspecified atom stereocenters. The summed E-state index contributed by atoms with van der Waals surface area (Å²) in [6.07, 6.45) is -4.93. The van der Waals surface area contributed by atoms with Crippen LogP contribution in [0.1, 0.15) is 11.6 Å². The number of rotatable bonds is 3. The number of nitro groups is 2. The van der Waals surface area contributed by atoms with Crippen LogP contribution in [0.15, 0.2) is 18.2 Å². The zero-order valence-corrected chi connectivity index (χ0v) is 8.55. The average molecular weight is 265 g/mol. The largest absolute Gasteiger partial charge is 0.407 e. The quantitative estimate of drug-likeness (QED) is 0.663. The lowest BCUT2D eigenvalue weighted by atomic mass is 10.0. The van der Waals surface area contributed by atoms with Crippen LogP contribution in [0.5, 0.6) is 0 Å². The van der Waals surface area contributed by atoms with Gasteiger partial charge in [-0.15, -0.1) is 0 Å². The minimum atomic E-state index is -4.93. The van der Waals surface area contributed by atoms with Crippen LogP contribution in [0.4, 0.5) is 24.5 Å². The molecule has 2 N–H and O–H groups in total. The van der Waals surface area contributed by atoms with Crippen LogP contribution in [-0.4, -0.2) is 16.0 Å². The molecule has 10 heteroatoms. The molecule has 0 aliphatic heterocycles. The third-order valence-corrected chi connectivity index (χ3v) is 2.11. The fourth-order valence-corrected chi connectivity index (χ4v) is 1.32. The van der Waals surface area contributed by atoms with Crippen LogP contribution in [0.25, 0.3) is 0 Å². The van der Waals surface area contributed by atoms with Crippen molar-refractivity contribution in [1.82, 2.24) is 0 Å². The molecule has 0 saturated heterocycles. The molecule has 0 bridgehead atoms. The Morgan fingerprint density at radius 3 is 2.11 bits per heavy atom. The van der Waals surface area contributed by atoms with E-state index in [-0.39, 0.29) is 0 Å². The Morgan fingerprint density at radius 2 is 1.72 bits per heavy atom. The highest BCUT2D eigenvalue weighted by Gasteiger charge is 2.43. The van der Waals surface area contributed by atoms with E-state index in [1.807, 2.05) is 0 Å². The lowest BCUT2D eigenvalue weighted by molar-refractivity contribution is -0.423. The van der Waals surface area contributed by atoms with Crippen molar-refractivity contribution >= 4 is 11.4 Å². The van der Waals surface area contributed by atoms with E-state index in [1.54, 1.807) is 0 Å². The Kier molecular flexibility index (Phi) is 3.51. The molecular weight excluding hydrogens is 259 g/mol. The van der Waals surface area contributed by atoms with Gasteiger partial charge in [0.2, 0.25) is 0 Å². The van der Waals surface area contributed by atoms with Gasteiger partial charge in [-0.1, -0.05) is 6.07 Å². The van der Waals surface area contributed by atoms with E-state index in [4.69, 9.17) is 5.73 Å². The second-order valence-electron chi connectivity index (χ2n) is 3.25. The Hall–Kier alpha value is -2.23. The van der Waals surface area contributed by atoms with Crippen molar-refractivity contribution in [1.29, 1.82) is 0 Å². The normalized spacial score (nSPS) is 13.1. The lowest BCUT2D eigenvalue weighted by Crippen LogP contribution is -2.29. The van der Waals surface area contributed by atoms with Gasteiger partial charge in [0.15, 0.2) is 0 Å². The van der Waals surface area contributed by atoms with E-state index in [0.717, 1.165) is 18.2 Å². The number of nitrogens with zero attached hydrogens (tertiary/aromatic N) is 2. The van der Waals surface area contributed by atoms with Gasteiger partial charge in [0, 0.05) is 6.07 Å². The minimum Gasteiger partial charge on any atom is -0.316 e. The third-order valence-electron chi connectivity index (χ3n) is 2.11. The molecular formula is C8H6F3N3O4. The minimum absolute atomic E-state index is 0.739. The monoisotopic (exact) mass is 265 g/mol. The Bertz CT molecular complexity index is 503. The molecule has 1 aromatic rings. The van der Waals surface area contributed by atoms with Crippen molar-refractivity contribution in [2.75, 3.05) is 0 Å². The Morgan fingerprint density at radius 1 is 1.17 bits per heavy atom. The van der Waals surface area contributed by atoms with Crippen molar-refractivity contribution in [3.63, 3.8) is 0 Å². The van der Waals surface area contributed by atoms with Gasteiger partial charge in [-0.2, -0.15) is 13.2 Å². The van der Waals surface area contributed by atoms with Crippen LogP contribution in [0.3, 0.4) is 0 Å². The molecule has 7 nitrogen and oxygen atoms in total. The summed E-state index contributed by atoms with van der Waals surface area (Å²) in [5.74, 6) is 0. The number of hydrogen-bond acceptors (Lipinski definition) is 5. The van der Waals surface area contributed by atoms with Crippen LogP contribution in [0.2, 0.25) is 0 Å². The molecule has 0 fully saturated rings. The Balaban J connectivity index is 3.50. The second-order valence-corrected chi connectivity index (χ2v) is 3.25. The maximum Gasteiger partial charge on any atom is 0.407 e. The second kappa shape index (κ2) is 4.56. The highest BCUT2D eigenvalue weighted by Crippen LogP contribution is 2.39. The summed E-state index contributed by atoms with van der Waals surface area (Å²) >= 11 is 0. The SMILES string of the molecule is N[C@@H](c1cccc([N+](=O)[O-])c1[N+](=O)[O-])C(F)(F)F. The van der Waals surface area contributed by atoms with Gasteiger partial charge in [-0.05, 0) is 6.07 Å². The standard InChI is InChI=1S/C8H6F3N3O4/c9-8(10,11)7(12)4-2-1-3-5(13(15)16)6(4)14(17)18/h1-3,7H,12H2/t7-/m0/s1. The average Bonchev–Trinajstić information content (AvgIpc) is 2.25. The number of nitrogens with two attached hydrogens (primary N) is 1. The topological polar surface area (TPSA) is 112 Å². The number of para-hydroxylation sites is 1. The van der Waals surface area contributed by atoms with Crippen molar-refractivity contribution < 1.29 is 23.0 Å². The van der Waals surface area contributed by atoms with Crippen LogP contribution < -0.4 is 5.73 Å². The summed E-state index contributed by atoms with van der Waals surface area (Å²) in [7, 11) is 0. The molecule has 0 spiro atoms. The number of hydrogen-bond donors (Lipinski definition) is 1. The summed E-state index contributed by atoms with van der Waals surface area (Å²) in [5.41, 5.74) is 1.61. The number of nitro benzene ring substituents is 2. The molecule has 98 valence electrons. The zero-order chi connectivity index (χ0) is 14.1. The van der Waals surface area contributed by atoms with Crippen LogP contribution >= 0.6 is 0 Å². The molecule has 0 radical (unpaired) electrons. The van der Waals surface area contributed by atoms with Crippen molar-refractivity contribution in [3.05, 3.63) is 44.0 Å². The van der Waals surface area contributed by atoms with Gasteiger partial charge in [0.25, 0.3) is 0 Å². The van der Waals surface area contributed by atoms with E-state index in [0.29, 0.717) is 0 Å². The van der Waals surface area contributed by atoms with E-state index < -0.39 is 39.0 Å². The molecule has 0 heterocycles. The molecule has 0 aromatic heterocycles. The van der Waals surface area contributed by atoms with Crippen molar-refractivity contribution in [2.45, 2.75) is 12.2 Å². The molecule has 18 heavy (non-hydrogen) atoms. The Labute approximate surface area is 97.3 Å².